The summed E-state index contributed by atoms with van der Waals surface area (Å²) in [7, 11) is -4.03. The molecule has 0 bridgehead atoms. The topological polar surface area (TPSA) is 85.1 Å². The van der Waals surface area contributed by atoms with Crippen molar-refractivity contribution in [3.8, 4) is 0 Å². The van der Waals surface area contributed by atoms with Crippen LogP contribution in [-0.2, 0) is 15.4 Å². The summed E-state index contributed by atoms with van der Waals surface area (Å²) in [4.78, 5) is 3.77. The lowest BCUT2D eigenvalue weighted by molar-refractivity contribution is 0.568. The molecule has 21 heavy (non-hydrogen) atoms. The van der Waals surface area contributed by atoms with Gasteiger partial charge in [-0.2, -0.15) is 0 Å². The second kappa shape index (κ2) is 5.27. The average molecular weight is 329 g/mol. The number of rotatable bonds is 3. The molecule has 0 aliphatic rings. The van der Waals surface area contributed by atoms with Crippen LogP contribution in [0, 0.1) is 5.82 Å². The van der Waals surface area contributed by atoms with E-state index in [1.54, 1.807) is 5.38 Å². The molecule has 0 atom stereocenters. The SMILES string of the molecule is CC(C)(C)c1csc(NS(=O)(=O)c2ccc(N)cc2F)n1. The molecule has 114 valence electrons. The van der Waals surface area contributed by atoms with E-state index in [1.165, 1.54) is 6.07 Å². The highest BCUT2D eigenvalue weighted by atomic mass is 32.2. The number of hydrogen-bond donors (Lipinski definition) is 2. The molecule has 0 saturated heterocycles. The van der Waals surface area contributed by atoms with Crippen LogP contribution in [-0.4, -0.2) is 13.4 Å². The Labute approximate surface area is 127 Å². The number of sulfonamides is 1. The first-order chi connectivity index (χ1) is 9.59. The normalized spacial score (nSPS) is 12.4. The third kappa shape index (κ3) is 3.51. The molecule has 1 aromatic heterocycles. The number of nitrogens with two attached hydrogens (primary N) is 1. The molecule has 0 fully saturated rings. The number of nitrogen functional groups attached to an aromatic ring is 1. The summed E-state index contributed by atoms with van der Waals surface area (Å²) in [5.74, 6) is -0.893. The summed E-state index contributed by atoms with van der Waals surface area (Å²) >= 11 is 1.16. The van der Waals surface area contributed by atoms with Gasteiger partial charge in [0.2, 0.25) is 0 Å². The second-order valence-corrected chi connectivity index (χ2v) is 8.09. The maximum absolute atomic E-state index is 13.7. The minimum Gasteiger partial charge on any atom is -0.399 e. The van der Waals surface area contributed by atoms with Crippen molar-refractivity contribution in [3.05, 3.63) is 35.1 Å². The molecule has 0 radical (unpaired) electrons. The van der Waals surface area contributed by atoms with Gasteiger partial charge >= 0.3 is 0 Å². The van der Waals surface area contributed by atoms with E-state index in [9.17, 15) is 12.8 Å². The van der Waals surface area contributed by atoms with Crippen LogP contribution < -0.4 is 10.5 Å². The molecule has 2 aromatic rings. The van der Waals surface area contributed by atoms with Crippen molar-refractivity contribution in [3.63, 3.8) is 0 Å². The Balaban J connectivity index is 2.31. The van der Waals surface area contributed by atoms with Gasteiger partial charge < -0.3 is 5.73 Å². The number of hydrogen-bond acceptors (Lipinski definition) is 5. The Morgan fingerprint density at radius 3 is 2.52 bits per heavy atom. The van der Waals surface area contributed by atoms with Crippen LogP contribution >= 0.6 is 11.3 Å². The van der Waals surface area contributed by atoms with E-state index in [0.717, 1.165) is 29.2 Å². The van der Waals surface area contributed by atoms with Gasteiger partial charge in [-0.25, -0.2) is 17.8 Å². The number of aromatic nitrogens is 1. The summed E-state index contributed by atoms with van der Waals surface area (Å²) in [5.41, 5.74) is 6.15. The second-order valence-electron chi connectivity index (χ2n) is 5.58. The highest BCUT2D eigenvalue weighted by Gasteiger charge is 2.23. The molecule has 3 N–H and O–H groups in total. The smallest absolute Gasteiger partial charge is 0.266 e. The van der Waals surface area contributed by atoms with Crippen LogP contribution in [0.4, 0.5) is 15.2 Å². The van der Waals surface area contributed by atoms with Crippen molar-refractivity contribution in [2.24, 2.45) is 0 Å². The first-order valence-electron chi connectivity index (χ1n) is 6.13. The third-order valence-electron chi connectivity index (χ3n) is 2.74. The molecular weight excluding hydrogens is 313 g/mol. The fourth-order valence-corrected chi connectivity index (χ4v) is 3.82. The van der Waals surface area contributed by atoms with Crippen LogP contribution in [0.3, 0.4) is 0 Å². The van der Waals surface area contributed by atoms with E-state index in [0.29, 0.717) is 0 Å². The summed E-state index contributed by atoms with van der Waals surface area (Å²) in [6.45, 7) is 5.92. The minimum absolute atomic E-state index is 0.163. The van der Waals surface area contributed by atoms with Gasteiger partial charge in [0.05, 0.1) is 5.69 Å². The molecule has 0 aliphatic carbocycles. The van der Waals surface area contributed by atoms with Gasteiger partial charge in [-0.3, -0.25) is 4.72 Å². The van der Waals surface area contributed by atoms with Crippen LogP contribution in [0.5, 0.6) is 0 Å². The lowest BCUT2D eigenvalue weighted by atomic mass is 9.93. The Bertz CT molecular complexity index is 764. The number of benzene rings is 1. The lowest BCUT2D eigenvalue weighted by Crippen LogP contribution is -2.16. The summed E-state index contributed by atoms with van der Waals surface area (Å²) in [6, 6.07) is 3.43. The van der Waals surface area contributed by atoms with E-state index in [2.05, 4.69) is 9.71 Å². The highest BCUT2D eigenvalue weighted by Crippen LogP contribution is 2.28. The van der Waals surface area contributed by atoms with E-state index in [4.69, 9.17) is 5.73 Å². The van der Waals surface area contributed by atoms with Gasteiger partial charge in [0.15, 0.2) is 5.13 Å². The monoisotopic (exact) mass is 329 g/mol. The van der Waals surface area contributed by atoms with Gasteiger partial charge in [-0.05, 0) is 18.2 Å². The van der Waals surface area contributed by atoms with Gasteiger partial charge in [0.1, 0.15) is 10.7 Å². The fourth-order valence-electron chi connectivity index (χ4n) is 1.57. The predicted octanol–water partition coefficient (Wildman–Crippen LogP) is 2.96. The lowest BCUT2D eigenvalue weighted by Gasteiger charge is -2.14. The summed E-state index contributed by atoms with van der Waals surface area (Å²) in [5, 5.41) is 1.98. The van der Waals surface area contributed by atoms with Crippen molar-refractivity contribution < 1.29 is 12.8 Å². The number of nitrogens with zero attached hydrogens (tertiary/aromatic N) is 1. The van der Waals surface area contributed by atoms with Gasteiger partial charge in [-0.15, -0.1) is 11.3 Å². The largest absolute Gasteiger partial charge is 0.399 e. The quantitative estimate of drug-likeness (QED) is 0.848. The van der Waals surface area contributed by atoms with Crippen LogP contribution in [0.15, 0.2) is 28.5 Å². The van der Waals surface area contributed by atoms with E-state index in [-0.39, 0.29) is 16.2 Å². The maximum atomic E-state index is 13.7. The van der Waals surface area contributed by atoms with E-state index >= 15 is 0 Å². The Kier molecular flexibility index (Phi) is 3.94. The minimum atomic E-state index is -4.03. The summed E-state index contributed by atoms with van der Waals surface area (Å²) in [6.07, 6.45) is 0. The van der Waals surface area contributed by atoms with Crippen molar-refractivity contribution in [1.29, 1.82) is 0 Å². The fraction of sp³-hybridized carbons (Fsp3) is 0.308. The first-order valence-corrected chi connectivity index (χ1v) is 8.50. The Hall–Kier alpha value is -1.67. The van der Waals surface area contributed by atoms with Crippen molar-refractivity contribution >= 4 is 32.2 Å². The molecule has 1 heterocycles. The van der Waals surface area contributed by atoms with Gasteiger partial charge in [-0.1, -0.05) is 20.8 Å². The average Bonchev–Trinajstić information content (AvgIpc) is 2.75. The predicted molar refractivity (Wildman–Crippen MR) is 82.4 cm³/mol. The molecule has 0 unspecified atom stereocenters. The zero-order chi connectivity index (χ0) is 15.8. The number of anilines is 2. The first kappa shape index (κ1) is 15.7. The number of thiazole rings is 1. The maximum Gasteiger partial charge on any atom is 0.266 e. The Morgan fingerprint density at radius 2 is 2.00 bits per heavy atom. The molecule has 5 nitrogen and oxygen atoms in total. The molecule has 0 saturated carbocycles. The van der Waals surface area contributed by atoms with Crippen molar-refractivity contribution in [2.75, 3.05) is 10.5 Å². The summed E-state index contributed by atoms with van der Waals surface area (Å²) < 4.78 is 40.3. The molecule has 2 rings (SSSR count). The van der Waals surface area contributed by atoms with E-state index < -0.39 is 20.7 Å². The standard InChI is InChI=1S/C13H16FN3O2S2/c1-13(2,3)11-7-20-12(16-11)17-21(18,19)10-5-4-8(15)6-9(10)14/h4-7H,15H2,1-3H3,(H,16,17). The van der Waals surface area contributed by atoms with Crippen LogP contribution in [0.1, 0.15) is 26.5 Å². The molecule has 0 amide bonds. The third-order valence-corrected chi connectivity index (χ3v) is 5.00. The van der Waals surface area contributed by atoms with Crippen LogP contribution in [0.25, 0.3) is 0 Å². The molecule has 8 heteroatoms. The zero-order valence-electron chi connectivity index (χ0n) is 11.8. The van der Waals surface area contributed by atoms with Crippen molar-refractivity contribution in [1.82, 2.24) is 4.98 Å². The zero-order valence-corrected chi connectivity index (χ0v) is 13.5. The molecule has 0 aliphatic heterocycles. The van der Waals surface area contributed by atoms with E-state index in [1.807, 2.05) is 20.8 Å². The Morgan fingerprint density at radius 1 is 1.33 bits per heavy atom. The molecule has 0 spiro atoms. The highest BCUT2D eigenvalue weighted by molar-refractivity contribution is 7.93. The molecule has 1 aromatic carbocycles. The number of halogens is 1. The number of nitrogens with one attached hydrogen (secondary N) is 1. The van der Waals surface area contributed by atoms with Crippen LogP contribution in [0.2, 0.25) is 0 Å². The van der Waals surface area contributed by atoms with Crippen molar-refractivity contribution in [2.45, 2.75) is 31.1 Å². The van der Waals surface area contributed by atoms with Gasteiger partial charge in [0, 0.05) is 16.5 Å². The molecular formula is C13H16FN3O2S2. The van der Waals surface area contributed by atoms with Gasteiger partial charge in [0.25, 0.3) is 10.0 Å².